The lowest BCUT2D eigenvalue weighted by Gasteiger charge is -2.34. The Hall–Kier alpha value is -2.20. The average Bonchev–Trinajstić information content (AvgIpc) is 2.50. The Balaban J connectivity index is 5.72. The summed E-state index contributed by atoms with van der Waals surface area (Å²) in [6, 6.07) is 0. The summed E-state index contributed by atoms with van der Waals surface area (Å²) in [6.45, 7) is 4.22. The van der Waals surface area contributed by atoms with Crippen LogP contribution in [0.3, 0.4) is 0 Å². The van der Waals surface area contributed by atoms with Gasteiger partial charge in [-0.15, -0.1) is 0 Å². The van der Waals surface area contributed by atoms with Crippen LogP contribution in [0.2, 0.25) is 0 Å². The second-order valence-electron chi connectivity index (χ2n) is 5.33. The number of methoxy groups -OCH3 is 2. The van der Waals surface area contributed by atoms with E-state index >= 15 is 0 Å². The predicted octanol–water partition coefficient (Wildman–Crippen LogP) is 0.00600. The third-order valence-corrected chi connectivity index (χ3v) is 3.05. The van der Waals surface area contributed by atoms with E-state index in [1.807, 2.05) is 0 Å². The smallest absolute Gasteiger partial charge is 0.303 e. The molecular formula is C16H26O10. The van der Waals surface area contributed by atoms with Gasteiger partial charge in [-0.1, -0.05) is 0 Å². The second-order valence-corrected chi connectivity index (χ2v) is 5.33. The molecular weight excluding hydrogens is 352 g/mol. The normalized spacial score (nSPS) is 15.2. The first-order valence-corrected chi connectivity index (χ1v) is 7.79. The van der Waals surface area contributed by atoms with Gasteiger partial charge in [-0.25, -0.2) is 0 Å². The van der Waals surface area contributed by atoms with Crippen molar-refractivity contribution in [2.45, 2.75) is 52.1 Å². The predicted molar refractivity (Wildman–Crippen MR) is 86.0 cm³/mol. The molecule has 0 aliphatic rings. The van der Waals surface area contributed by atoms with Crippen LogP contribution < -0.4 is 0 Å². The van der Waals surface area contributed by atoms with Gasteiger partial charge in [0.2, 0.25) is 0 Å². The van der Waals surface area contributed by atoms with Gasteiger partial charge in [0.15, 0.2) is 18.3 Å². The first-order valence-electron chi connectivity index (χ1n) is 7.79. The molecule has 10 heteroatoms. The Morgan fingerprint density at radius 3 is 1.46 bits per heavy atom. The average molecular weight is 378 g/mol. The van der Waals surface area contributed by atoms with Crippen molar-refractivity contribution in [3.63, 3.8) is 0 Å². The number of ether oxygens (including phenoxy) is 6. The van der Waals surface area contributed by atoms with Crippen molar-refractivity contribution in [1.82, 2.24) is 0 Å². The minimum absolute atomic E-state index is 0.113. The van der Waals surface area contributed by atoms with E-state index < -0.39 is 48.3 Å². The summed E-state index contributed by atoms with van der Waals surface area (Å²) in [5, 5.41) is 0. The summed E-state index contributed by atoms with van der Waals surface area (Å²) in [7, 11) is 2.65. The molecule has 0 radical (unpaired) electrons. The maximum absolute atomic E-state index is 11.5. The highest BCUT2D eigenvalue weighted by molar-refractivity contribution is 5.68. The van der Waals surface area contributed by atoms with Gasteiger partial charge < -0.3 is 28.4 Å². The molecule has 150 valence electrons. The highest BCUT2D eigenvalue weighted by Gasteiger charge is 2.41. The Bertz CT molecular complexity index is 489. The van der Waals surface area contributed by atoms with Crippen molar-refractivity contribution in [3.05, 3.63) is 0 Å². The molecule has 0 saturated carbocycles. The highest BCUT2D eigenvalue weighted by Crippen LogP contribution is 2.19. The Kier molecular flexibility index (Phi) is 11.2. The minimum atomic E-state index is -1.18. The molecule has 0 bridgehead atoms. The lowest BCUT2D eigenvalue weighted by molar-refractivity contribution is -0.200. The Morgan fingerprint density at radius 1 is 0.654 bits per heavy atom. The van der Waals surface area contributed by atoms with E-state index in [1.54, 1.807) is 0 Å². The second kappa shape index (κ2) is 12.2. The van der Waals surface area contributed by atoms with E-state index in [-0.39, 0.29) is 13.2 Å². The maximum atomic E-state index is 11.5. The number of esters is 4. The van der Waals surface area contributed by atoms with Crippen LogP contribution in [0.5, 0.6) is 0 Å². The fourth-order valence-electron chi connectivity index (χ4n) is 2.23. The summed E-state index contributed by atoms with van der Waals surface area (Å²) >= 11 is 0. The molecule has 0 saturated heterocycles. The first-order chi connectivity index (χ1) is 12.1. The fourth-order valence-corrected chi connectivity index (χ4v) is 2.23. The van der Waals surface area contributed by atoms with Crippen molar-refractivity contribution in [1.29, 1.82) is 0 Å². The van der Waals surface area contributed by atoms with Crippen LogP contribution in [-0.2, 0) is 47.6 Å². The number of carbonyl (C=O) groups is 4. The summed E-state index contributed by atoms with van der Waals surface area (Å²) in [4.78, 5) is 45.4. The molecule has 0 heterocycles. The third kappa shape index (κ3) is 9.33. The van der Waals surface area contributed by atoms with Crippen LogP contribution in [0.4, 0.5) is 0 Å². The Labute approximate surface area is 152 Å². The topological polar surface area (TPSA) is 124 Å². The molecule has 10 nitrogen and oxygen atoms in total. The van der Waals surface area contributed by atoms with E-state index in [1.165, 1.54) is 28.1 Å². The lowest BCUT2D eigenvalue weighted by Crippen LogP contribution is -2.53. The van der Waals surface area contributed by atoms with Gasteiger partial charge in [0.05, 0.1) is 6.61 Å². The number of rotatable bonds is 11. The van der Waals surface area contributed by atoms with Crippen LogP contribution in [0.25, 0.3) is 0 Å². The number of hydrogen-bond donors (Lipinski definition) is 0. The zero-order valence-electron chi connectivity index (χ0n) is 15.8. The molecule has 0 aromatic heterocycles. The van der Waals surface area contributed by atoms with Crippen molar-refractivity contribution in [2.75, 3.05) is 27.4 Å². The van der Waals surface area contributed by atoms with Gasteiger partial charge in [-0.3, -0.25) is 19.2 Å². The maximum Gasteiger partial charge on any atom is 0.303 e. The van der Waals surface area contributed by atoms with Crippen LogP contribution >= 0.6 is 0 Å². The quantitative estimate of drug-likeness (QED) is 0.358. The summed E-state index contributed by atoms with van der Waals surface area (Å²) < 4.78 is 30.7. The Morgan fingerprint density at radius 2 is 1.12 bits per heavy atom. The van der Waals surface area contributed by atoms with E-state index in [2.05, 4.69) is 0 Å². The van der Waals surface area contributed by atoms with Gasteiger partial charge >= 0.3 is 23.9 Å². The van der Waals surface area contributed by atoms with Crippen LogP contribution in [0.1, 0.15) is 27.7 Å². The fraction of sp³-hybridized carbons (Fsp3) is 0.750. The van der Waals surface area contributed by atoms with Crippen LogP contribution in [0.15, 0.2) is 0 Å². The summed E-state index contributed by atoms with van der Waals surface area (Å²) in [6.07, 6.45) is -4.43. The van der Waals surface area contributed by atoms with Gasteiger partial charge in [-0.05, 0) is 0 Å². The monoisotopic (exact) mass is 378 g/mol. The third-order valence-electron chi connectivity index (χ3n) is 3.05. The number of carbonyl (C=O) groups excluding carboxylic acids is 4. The molecule has 0 aliphatic carbocycles. The molecule has 0 amide bonds. The molecule has 0 N–H and O–H groups in total. The van der Waals surface area contributed by atoms with Crippen molar-refractivity contribution >= 4 is 23.9 Å². The van der Waals surface area contributed by atoms with Crippen LogP contribution in [-0.4, -0.2) is 75.7 Å². The largest absolute Gasteiger partial charge is 0.462 e. The molecule has 0 aromatic rings. The minimum Gasteiger partial charge on any atom is -0.462 e. The zero-order chi connectivity index (χ0) is 20.3. The van der Waals surface area contributed by atoms with Crippen LogP contribution in [0, 0.1) is 0 Å². The SMILES string of the molecule is COCC(OC(C)=O)C(OC(C)=O)C(OC)C(COC(C)=O)OC(C)=O. The molecule has 0 fully saturated rings. The lowest BCUT2D eigenvalue weighted by atomic mass is 10.0. The van der Waals surface area contributed by atoms with Gasteiger partial charge in [0.25, 0.3) is 0 Å². The molecule has 0 aliphatic heterocycles. The molecule has 0 rings (SSSR count). The standard InChI is InChI=1S/C16H26O10/c1-9(17)23-8-14(25-11(3)19)15(22-6)16(26-12(4)20)13(7-21-5)24-10(2)18/h13-16H,7-8H2,1-6H3. The van der Waals surface area contributed by atoms with E-state index in [0.717, 1.165) is 13.8 Å². The van der Waals surface area contributed by atoms with Gasteiger partial charge in [-0.2, -0.15) is 0 Å². The van der Waals surface area contributed by atoms with Crippen molar-refractivity contribution in [3.8, 4) is 0 Å². The van der Waals surface area contributed by atoms with Gasteiger partial charge in [0, 0.05) is 41.9 Å². The van der Waals surface area contributed by atoms with E-state index in [9.17, 15) is 19.2 Å². The first kappa shape index (κ1) is 23.8. The highest BCUT2D eigenvalue weighted by atomic mass is 16.6. The molecule has 26 heavy (non-hydrogen) atoms. The number of hydrogen-bond acceptors (Lipinski definition) is 10. The molecule has 4 unspecified atom stereocenters. The zero-order valence-corrected chi connectivity index (χ0v) is 15.8. The summed E-state index contributed by atoms with van der Waals surface area (Å²) in [5.74, 6) is -2.58. The van der Waals surface area contributed by atoms with E-state index in [4.69, 9.17) is 28.4 Å². The van der Waals surface area contributed by atoms with E-state index in [0.29, 0.717) is 0 Å². The summed E-state index contributed by atoms with van der Waals surface area (Å²) in [5.41, 5.74) is 0. The van der Waals surface area contributed by atoms with Crippen molar-refractivity contribution < 1.29 is 47.6 Å². The molecule has 0 aromatic carbocycles. The van der Waals surface area contributed by atoms with Gasteiger partial charge in [0.1, 0.15) is 12.7 Å². The van der Waals surface area contributed by atoms with Crippen molar-refractivity contribution in [2.24, 2.45) is 0 Å². The molecule has 0 spiro atoms. The molecule has 4 atom stereocenters.